The summed E-state index contributed by atoms with van der Waals surface area (Å²) in [6.45, 7) is 3.50. The van der Waals surface area contributed by atoms with Gasteiger partial charge in [0, 0.05) is 10.0 Å². The van der Waals surface area contributed by atoms with Gasteiger partial charge in [0.2, 0.25) is 0 Å². The third-order valence-corrected chi connectivity index (χ3v) is 2.54. The van der Waals surface area contributed by atoms with Crippen LogP contribution in [0, 0.1) is 0 Å². The molecular formula is C12H13BrO3. The molecule has 0 saturated heterocycles. The maximum atomic E-state index is 11.7. The molecule has 0 radical (unpaired) electrons. The third kappa shape index (κ3) is 3.77. The quantitative estimate of drug-likeness (QED) is 0.485. The molecule has 0 bridgehead atoms. The molecule has 0 saturated carbocycles. The molecule has 0 aliphatic rings. The minimum absolute atomic E-state index is 0.195. The van der Waals surface area contributed by atoms with Crippen LogP contribution in [0.4, 0.5) is 0 Å². The summed E-state index contributed by atoms with van der Waals surface area (Å²) in [5, 5.41) is 0. The summed E-state index contributed by atoms with van der Waals surface area (Å²) in [6, 6.07) is 7.01. The Labute approximate surface area is 103 Å². The summed E-state index contributed by atoms with van der Waals surface area (Å²) in [5.41, 5.74) is 0.503. The van der Waals surface area contributed by atoms with Crippen LogP contribution in [-0.4, -0.2) is 17.9 Å². The average Bonchev–Trinajstić information content (AvgIpc) is 2.16. The molecule has 1 aromatic carbocycles. The molecule has 0 unspecified atom stereocenters. The van der Waals surface area contributed by atoms with Gasteiger partial charge in [0.15, 0.2) is 5.78 Å². The van der Waals surface area contributed by atoms with Crippen LogP contribution in [-0.2, 0) is 9.53 Å². The van der Waals surface area contributed by atoms with Crippen molar-refractivity contribution in [2.75, 3.05) is 0 Å². The Hall–Kier alpha value is -1.16. The second-order valence-corrected chi connectivity index (χ2v) is 4.47. The fourth-order valence-electron chi connectivity index (χ4n) is 1.22. The zero-order valence-electron chi connectivity index (χ0n) is 9.20. The van der Waals surface area contributed by atoms with Gasteiger partial charge in [-0.3, -0.25) is 9.59 Å². The van der Waals surface area contributed by atoms with E-state index in [0.29, 0.717) is 10.0 Å². The first kappa shape index (κ1) is 12.9. The number of hydrogen-bond acceptors (Lipinski definition) is 3. The van der Waals surface area contributed by atoms with Crippen molar-refractivity contribution in [3.05, 3.63) is 34.3 Å². The molecule has 3 nitrogen and oxygen atoms in total. The van der Waals surface area contributed by atoms with Crippen LogP contribution in [0.1, 0.15) is 30.6 Å². The van der Waals surface area contributed by atoms with Crippen molar-refractivity contribution < 1.29 is 14.3 Å². The molecule has 0 aliphatic heterocycles. The van der Waals surface area contributed by atoms with Crippen molar-refractivity contribution in [2.45, 2.75) is 26.4 Å². The highest BCUT2D eigenvalue weighted by molar-refractivity contribution is 9.10. The number of hydrogen-bond donors (Lipinski definition) is 0. The Morgan fingerprint density at radius 1 is 1.31 bits per heavy atom. The summed E-state index contributed by atoms with van der Waals surface area (Å²) < 4.78 is 5.60. The minimum Gasteiger partial charge on any atom is -0.463 e. The van der Waals surface area contributed by atoms with Gasteiger partial charge in [0.1, 0.15) is 6.42 Å². The lowest BCUT2D eigenvalue weighted by atomic mass is 10.1. The van der Waals surface area contributed by atoms with E-state index in [1.165, 1.54) is 0 Å². The van der Waals surface area contributed by atoms with Crippen LogP contribution in [0.15, 0.2) is 28.7 Å². The maximum Gasteiger partial charge on any atom is 0.313 e. The van der Waals surface area contributed by atoms with Gasteiger partial charge in [-0.2, -0.15) is 0 Å². The predicted octanol–water partition coefficient (Wildman–Crippen LogP) is 2.97. The van der Waals surface area contributed by atoms with Crippen LogP contribution in [0.25, 0.3) is 0 Å². The van der Waals surface area contributed by atoms with Crippen LogP contribution < -0.4 is 0 Å². The van der Waals surface area contributed by atoms with Gasteiger partial charge >= 0.3 is 5.97 Å². The largest absolute Gasteiger partial charge is 0.463 e. The van der Waals surface area contributed by atoms with E-state index in [1.807, 2.05) is 6.07 Å². The van der Waals surface area contributed by atoms with Crippen molar-refractivity contribution in [1.82, 2.24) is 0 Å². The second kappa shape index (κ2) is 5.80. The van der Waals surface area contributed by atoms with Crippen molar-refractivity contribution in [2.24, 2.45) is 0 Å². The topological polar surface area (TPSA) is 43.4 Å². The summed E-state index contributed by atoms with van der Waals surface area (Å²) in [5.74, 6) is -0.728. The van der Waals surface area contributed by atoms with Crippen LogP contribution in [0.5, 0.6) is 0 Å². The molecule has 0 heterocycles. The first-order chi connectivity index (χ1) is 7.50. The molecule has 1 aromatic rings. The van der Waals surface area contributed by atoms with E-state index < -0.39 is 5.97 Å². The summed E-state index contributed by atoms with van der Waals surface area (Å²) >= 11 is 3.26. The van der Waals surface area contributed by atoms with Crippen LogP contribution >= 0.6 is 15.9 Å². The monoisotopic (exact) mass is 284 g/mol. The van der Waals surface area contributed by atoms with Gasteiger partial charge in [0.05, 0.1) is 6.10 Å². The van der Waals surface area contributed by atoms with Gasteiger partial charge < -0.3 is 4.74 Å². The lowest BCUT2D eigenvalue weighted by Crippen LogP contribution is -2.15. The lowest BCUT2D eigenvalue weighted by Gasteiger charge is -2.07. The molecule has 4 heteroatoms. The van der Waals surface area contributed by atoms with Crippen molar-refractivity contribution >= 4 is 27.7 Å². The normalized spacial score (nSPS) is 10.2. The second-order valence-electron chi connectivity index (χ2n) is 3.62. The Morgan fingerprint density at radius 2 is 1.94 bits per heavy atom. The van der Waals surface area contributed by atoms with Crippen molar-refractivity contribution in [1.29, 1.82) is 0 Å². The highest BCUT2D eigenvalue weighted by Crippen LogP contribution is 2.17. The SMILES string of the molecule is CC(C)OC(=O)CC(=O)c1ccccc1Br. The number of ether oxygens (including phenoxy) is 1. The van der Waals surface area contributed by atoms with Crippen molar-refractivity contribution in [3.8, 4) is 0 Å². The molecule has 0 fully saturated rings. The smallest absolute Gasteiger partial charge is 0.313 e. The highest BCUT2D eigenvalue weighted by Gasteiger charge is 2.15. The minimum atomic E-state index is -0.490. The highest BCUT2D eigenvalue weighted by atomic mass is 79.9. The molecule has 0 amide bonds. The van der Waals surface area contributed by atoms with E-state index in [-0.39, 0.29) is 18.3 Å². The molecule has 0 atom stereocenters. The van der Waals surface area contributed by atoms with E-state index in [0.717, 1.165) is 0 Å². The molecule has 86 valence electrons. The number of esters is 1. The van der Waals surface area contributed by atoms with Gasteiger partial charge in [0.25, 0.3) is 0 Å². The number of ketones is 1. The van der Waals surface area contributed by atoms with E-state index in [2.05, 4.69) is 15.9 Å². The first-order valence-electron chi connectivity index (χ1n) is 4.98. The number of carbonyl (C=O) groups excluding carboxylic acids is 2. The summed E-state index contributed by atoms with van der Waals surface area (Å²) in [4.78, 5) is 23.0. The van der Waals surface area contributed by atoms with Gasteiger partial charge in [-0.15, -0.1) is 0 Å². The Bertz CT molecular complexity index is 399. The summed E-state index contributed by atoms with van der Waals surface area (Å²) in [6.07, 6.45) is -0.416. The van der Waals surface area contributed by atoms with E-state index in [1.54, 1.807) is 32.0 Å². The van der Waals surface area contributed by atoms with Crippen LogP contribution in [0.3, 0.4) is 0 Å². The van der Waals surface area contributed by atoms with Gasteiger partial charge in [-0.25, -0.2) is 0 Å². The molecule has 16 heavy (non-hydrogen) atoms. The first-order valence-corrected chi connectivity index (χ1v) is 5.77. The van der Waals surface area contributed by atoms with Gasteiger partial charge in [-0.1, -0.05) is 34.1 Å². The molecule has 0 aromatic heterocycles. The number of rotatable bonds is 4. The Kier molecular flexibility index (Phi) is 4.68. The van der Waals surface area contributed by atoms with E-state index in [9.17, 15) is 9.59 Å². The predicted molar refractivity (Wildman–Crippen MR) is 64.3 cm³/mol. The molecular weight excluding hydrogens is 272 g/mol. The standard InChI is InChI=1S/C12H13BrO3/c1-8(2)16-12(15)7-11(14)9-5-3-4-6-10(9)13/h3-6,8H,7H2,1-2H3. The molecule has 1 rings (SSSR count). The number of Topliss-reactive ketones (excluding diaryl/α,β-unsaturated/α-hetero) is 1. The van der Waals surface area contributed by atoms with Crippen LogP contribution in [0.2, 0.25) is 0 Å². The number of carbonyl (C=O) groups is 2. The Morgan fingerprint density at radius 3 is 2.50 bits per heavy atom. The average molecular weight is 285 g/mol. The fourth-order valence-corrected chi connectivity index (χ4v) is 1.72. The van der Waals surface area contributed by atoms with Crippen molar-refractivity contribution in [3.63, 3.8) is 0 Å². The zero-order chi connectivity index (χ0) is 12.1. The fraction of sp³-hybridized carbons (Fsp3) is 0.333. The van der Waals surface area contributed by atoms with Gasteiger partial charge in [-0.05, 0) is 19.9 Å². The molecule has 0 aliphatic carbocycles. The van der Waals surface area contributed by atoms with E-state index >= 15 is 0 Å². The maximum absolute atomic E-state index is 11.7. The number of benzene rings is 1. The third-order valence-electron chi connectivity index (χ3n) is 1.85. The molecule has 0 spiro atoms. The summed E-state index contributed by atoms with van der Waals surface area (Å²) in [7, 11) is 0. The van der Waals surface area contributed by atoms with E-state index in [4.69, 9.17) is 4.74 Å². The zero-order valence-corrected chi connectivity index (χ0v) is 10.8. The molecule has 0 N–H and O–H groups in total. The Balaban J connectivity index is 2.66. The lowest BCUT2D eigenvalue weighted by molar-refractivity contribution is -0.146. The number of halogens is 1.